The number of pyridine rings is 1. The average molecular weight is 373 g/mol. The molecule has 3 aromatic heterocycles. The summed E-state index contributed by atoms with van der Waals surface area (Å²) >= 11 is 1.24. The number of morpholine rings is 1. The van der Waals surface area contributed by atoms with Gasteiger partial charge >= 0.3 is 5.97 Å². The van der Waals surface area contributed by atoms with Crippen LogP contribution in [0.3, 0.4) is 0 Å². The lowest BCUT2D eigenvalue weighted by Gasteiger charge is -2.35. The summed E-state index contributed by atoms with van der Waals surface area (Å²) in [6.07, 6.45) is 1.76. The fourth-order valence-electron chi connectivity index (χ4n) is 3.18. The van der Waals surface area contributed by atoms with E-state index in [-0.39, 0.29) is 11.7 Å². The summed E-state index contributed by atoms with van der Waals surface area (Å²) in [7, 11) is 3.25. The van der Waals surface area contributed by atoms with Crippen molar-refractivity contribution in [1.82, 2.24) is 19.1 Å². The molecule has 0 bridgehead atoms. The highest BCUT2D eigenvalue weighted by Crippen LogP contribution is 2.36. The first-order valence-corrected chi connectivity index (χ1v) is 9.09. The molecule has 4 heterocycles. The number of nitrogens with zero attached hydrogens (tertiary/aromatic N) is 5. The molecule has 0 unspecified atom stereocenters. The van der Waals surface area contributed by atoms with Gasteiger partial charge in [0.15, 0.2) is 5.69 Å². The van der Waals surface area contributed by atoms with Gasteiger partial charge in [0, 0.05) is 25.4 Å². The number of aromatic nitrogens is 4. The van der Waals surface area contributed by atoms with Gasteiger partial charge in [-0.25, -0.2) is 9.78 Å². The number of methoxy groups -OCH3 is 1. The molecule has 1 aliphatic heterocycles. The molecule has 0 spiro atoms. The highest BCUT2D eigenvalue weighted by molar-refractivity contribution is 7.13. The molecule has 9 heteroatoms. The van der Waals surface area contributed by atoms with E-state index in [0.29, 0.717) is 18.7 Å². The van der Waals surface area contributed by atoms with Gasteiger partial charge in [0.05, 0.1) is 36.8 Å². The molecule has 0 N–H and O–H groups in total. The smallest absolute Gasteiger partial charge is 0.360 e. The standard InChI is InChI=1S/C17H19N5O3S/c1-10-9-25-7-6-22(10)16-11(12-4-5-18-21(12)2)8-13-14(19-16)15(20-26-13)17(23)24-3/h4-5,8,10H,6-7,9H2,1-3H3/t10-/m1/s1. The predicted molar refractivity (Wildman–Crippen MR) is 98.6 cm³/mol. The first kappa shape index (κ1) is 16.9. The van der Waals surface area contributed by atoms with Crippen LogP contribution in [0, 0.1) is 0 Å². The lowest BCUT2D eigenvalue weighted by molar-refractivity contribution is 0.0597. The van der Waals surface area contributed by atoms with Crippen LogP contribution in [0.15, 0.2) is 18.3 Å². The number of aryl methyl sites for hydroxylation is 1. The van der Waals surface area contributed by atoms with Crippen molar-refractivity contribution in [2.24, 2.45) is 7.05 Å². The molecule has 1 saturated heterocycles. The van der Waals surface area contributed by atoms with Crippen LogP contribution in [0.2, 0.25) is 0 Å². The maximum atomic E-state index is 12.0. The van der Waals surface area contributed by atoms with Crippen LogP contribution in [0.5, 0.6) is 0 Å². The number of hydrogen-bond acceptors (Lipinski definition) is 8. The van der Waals surface area contributed by atoms with Gasteiger partial charge < -0.3 is 14.4 Å². The Morgan fingerprint density at radius 1 is 1.46 bits per heavy atom. The molecule has 8 nitrogen and oxygen atoms in total. The lowest BCUT2D eigenvalue weighted by Crippen LogP contribution is -2.44. The molecular weight excluding hydrogens is 354 g/mol. The largest absolute Gasteiger partial charge is 0.464 e. The third kappa shape index (κ3) is 2.73. The molecule has 1 fully saturated rings. The molecular formula is C17H19N5O3S. The van der Waals surface area contributed by atoms with Gasteiger partial charge in [0.1, 0.15) is 11.3 Å². The Balaban J connectivity index is 1.95. The molecule has 0 aliphatic carbocycles. The van der Waals surface area contributed by atoms with Gasteiger partial charge in [-0.15, -0.1) is 0 Å². The summed E-state index contributed by atoms with van der Waals surface area (Å²) in [4.78, 5) is 19.1. The highest BCUT2D eigenvalue weighted by atomic mass is 32.1. The minimum absolute atomic E-state index is 0.175. The second kappa shape index (κ2) is 6.65. The van der Waals surface area contributed by atoms with Gasteiger partial charge in [-0.2, -0.15) is 9.47 Å². The van der Waals surface area contributed by atoms with Crippen LogP contribution in [0.25, 0.3) is 21.5 Å². The summed E-state index contributed by atoms with van der Waals surface area (Å²) in [5, 5.41) is 4.28. The first-order chi connectivity index (χ1) is 12.6. The third-order valence-corrected chi connectivity index (χ3v) is 5.32. The molecule has 1 aliphatic rings. The van der Waals surface area contributed by atoms with Gasteiger partial charge in [-0.1, -0.05) is 0 Å². The van der Waals surface area contributed by atoms with E-state index in [9.17, 15) is 4.79 Å². The number of carbonyl (C=O) groups excluding carboxylic acids is 1. The normalized spacial score (nSPS) is 17.7. The molecule has 1 atom stereocenters. The van der Waals surface area contributed by atoms with Gasteiger partial charge in [-0.3, -0.25) is 4.68 Å². The average Bonchev–Trinajstić information content (AvgIpc) is 3.26. The molecule has 4 rings (SSSR count). The zero-order chi connectivity index (χ0) is 18.3. The van der Waals surface area contributed by atoms with E-state index in [1.54, 1.807) is 6.20 Å². The fraction of sp³-hybridized carbons (Fsp3) is 0.412. The van der Waals surface area contributed by atoms with Crippen molar-refractivity contribution in [3.63, 3.8) is 0 Å². The van der Waals surface area contributed by atoms with Crippen LogP contribution < -0.4 is 4.90 Å². The Kier molecular flexibility index (Phi) is 4.33. The number of ether oxygens (including phenoxy) is 2. The van der Waals surface area contributed by atoms with E-state index in [4.69, 9.17) is 14.5 Å². The molecule has 0 radical (unpaired) electrons. The second-order valence-electron chi connectivity index (χ2n) is 6.19. The molecule has 136 valence electrons. The third-order valence-electron chi connectivity index (χ3n) is 4.54. The van der Waals surface area contributed by atoms with E-state index in [2.05, 4.69) is 21.3 Å². The molecule has 0 saturated carbocycles. The van der Waals surface area contributed by atoms with Gasteiger partial charge in [0.25, 0.3) is 0 Å². The molecule has 26 heavy (non-hydrogen) atoms. The van der Waals surface area contributed by atoms with Gasteiger partial charge in [-0.05, 0) is 30.6 Å². The maximum absolute atomic E-state index is 12.0. The van der Waals surface area contributed by atoms with Crippen LogP contribution in [0.4, 0.5) is 5.82 Å². The van der Waals surface area contributed by atoms with Crippen molar-refractivity contribution in [3.05, 3.63) is 24.0 Å². The SMILES string of the molecule is COC(=O)c1nsc2cc(-c3ccnn3C)c(N3CCOC[C@H]3C)nc12. The summed E-state index contributed by atoms with van der Waals surface area (Å²) in [6.45, 7) is 4.11. The van der Waals surface area contributed by atoms with Crippen molar-refractivity contribution in [2.45, 2.75) is 13.0 Å². The van der Waals surface area contributed by atoms with E-state index < -0.39 is 5.97 Å². The minimum Gasteiger partial charge on any atom is -0.464 e. The monoisotopic (exact) mass is 373 g/mol. The first-order valence-electron chi connectivity index (χ1n) is 8.31. The number of hydrogen-bond donors (Lipinski definition) is 0. The Hall–Kier alpha value is -2.52. The molecule has 0 aromatic carbocycles. The minimum atomic E-state index is -0.474. The van der Waals surface area contributed by atoms with Crippen molar-refractivity contribution >= 4 is 33.5 Å². The van der Waals surface area contributed by atoms with E-state index >= 15 is 0 Å². The summed E-state index contributed by atoms with van der Waals surface area (Å²) < 4.78 is 17.3. The van der Waals surface area contributed by atoms with Crippen LogP contribution >= 0.6 is 11.5 Å². The Bertz CT molecular complexity index is 967. The zero-order valence-electron chi connectivity index (χ0n) is 14.8. The van der Waals surface area contributed by atoms with Crippen LogP contribution in [-0.4, -0.2) is 58.0 Å². The van der Waals surface area contributed by atoms with Crippen molar-refractivity contribution in [2.75, 3.05) is 31.8 Å². The van der Waals surface area contributed by atoms with Crippen LogP contribution in [0.1, 0.15) is 17.4 Å². The lowest BCUT2D eigenvalue weighted by atomic mass is 10.1. The van der Waals surface area contributed by atoms with E-state index in [0.717, 1.165) is 28.3 Å². The van der Waals surface area contributed by atoms with Crippen LogP contribution in [-0.2, 0) is 16.5 Å². The van der Waals surface area contributed by atoms with Crippen molar-refractivity contribution < 1.29 is 14.3 Å². The Morgan fingerprint density at radius 2 is 2.31 bits per heavy atom. The zero-order valence-corrected chi connectivity index (χ0v) is 15.6. The van der Waals surface area contributed by atoms with Gasteiger partial charge in [0.2, 0.25) is 0 Å². The quantitative estimate of drug-likeness (QED) is 0.650. The topological polar surface area (TPSA) is 82.4 Å². The highest BCUT2D eigenvalue weighted by Gasteiger charge is 2.27. The number of anilines is 1. The number of rotatable bonds is 3. The van der Waals surface area contributed by atoms with Crippen molar-refractivity contribution in [1.29, 1.82) is 0 Å². The Morgan fingerprint density at radius 3 is 3.00 bits per heavy atom. The fourth-order valence-corrected chi connectivity index (χ4v) is 3.93. The second-order valence-corrected chi connectivity index (χ2v) is 6.99. The molecule has 0 amide bonds. The summed E-state index contributed by atoms with van der Waals surface area (Å²) in [5.74, 6) is 0.334. The van der Waals surface area contributed by atoms with Crippen molar-refractivity contribution in [3.8, 4) is 11.3 Å². The molecule has 3 aromatic rings. The summed E-state index contributed by atoms with van der Waals surface area (Å²) in [6, 6.07) is 4.16. The van der Waals surface area contributed by atoms with E-state index in [1.165, 1.54) is 18.6 Å². The summed E-state index contributed by atoms with van der Waals surface area (Å²) in [5.41, 5.74) is 2.75. The number of carbonyl (C=O) groups is 1. The number of fused-ring (bicyclic) bond motifs is 1. The maximum Gasteiger partial charge on any atom is 0.360 e. The number of esters is 1. The Labute approximate surface area is 154 Å². The predicted octanol–water partition coefficient (Wildman–Crippen LogP) is 2.10. The van der Waals surface area contributed by atoms with E-state index in [1.807, 2.05) is 23.9 Å².